The van der Waals surface area contributed by atoms with Crippen LogP contribution in [0.15, 0.2) is 42.6 Å². The van der Waals surface area contributed by atoms with Gasteiger partial charge in [-0.15, -0.1) is 0 Å². The van der Waals surface area contributed by atoms with Crippen molar-refractivity contribution < 1.29 is 4.74 Å². The predicted octanol–water partition coefficient (Wildman–Crippen LogP) is 3.84. The van der Waals surface area contributed by atoms with E-state index < -0.39 is 0 Å². The first-order valence-corrected chi connectivity index (χ1v) is 4.98. The van der Waals surface area contributed by atoms with Gasteiger partial charge in [0.2, 0.25) is 5.88 Å². The molecule has 2 aromatic rings. The van der Waals surface area contributed by atoms with Crippen molar-refractivity contribution in [2.45, 2.75) is 6.92 Å². The Kier molecular flexibility index (Phi) is 2.88. The maximum absolute atomic E-state index is 5.96. The third-order valence-electron chi connectivity index (χ3n) is 1.94. The van der Waals surface area contributed by atoms with Crippen molar-refractivity contribution in [1.29, 1.82) is 0 Å². The van der Waals surface area contributed by atoms with E-state index in [0.717, 1.165) is 5.56 Å². The van der Waals surface area contributed by atoms with Gasteiger partial charge in [0, 0.05) is 12.3 Å². The molecule has 76 valence electrons. The Morgan fingerprint density at radius 3 is 2.73 bits per heavy atom. The molecule has 0 fully saturated rings. The summed E-state index contributed by atoms with van der Waals surface area (Å²) in [7, 11) is 0. The number of hydrogen-bond acceptors (Lipinski definition) is 2. The number of ether oxygens (including phenoxy) is 1. The van der Waals surface area contributed by atoms with Gasteiger partial charge in [-0.1, -0.05) is 23.7 Å². The van der Waals surface area contributed by atoms with E-state index in [1.54, 1.807) is 12.3 Å². The molecule has 0 saturated carbocycles. The Morgan fingerprint density at radius 2 is 2.00 bits per heavy atom. The number of rotatable bonds is 2. The smallest absolute Gasteiger partial charge is 0.219 e. The van der Waals surface area contributed by atoms with E-state index in [0.29, 0.717) is 16.7 Å². The van der Waals surface area contributed by atoms with Crippen LogP contribution in [0.1, 0.15) is 5.56 Å². The van der Waals surface area contributed by atoms with E-state index in [1.165, 1.54) is 0 Å². The molecule has 1 aromatic heterocycles. The van der Waals surface area contributed by atoms with E-state index in [-0.39, 0.29) is 0 Å². The van der Waals surface area contributed by atoms with Crippen LogP contribution < -0.4 is 4.74 Å². The minimum atomic E-state index is 0.558. The molecule has 0 saturated heterocycles. The summed E-state index contributed by atoms with van der Waals surface area (Å²) in [6, 6.07) is 11.1. The van der Waals surface area contributed by atoms with Crippen LogP contribution in [0, 0.1) is 6.92 Å². The Morgan fingerprint density at radius 1 is 1.20 bits per heavy atom. The van der Waals surface area contributed by atoms with Crippen molar-refractivity contribution in [2.24, 2.45) is 0 Å². The van der Waals surface area contributed by atoms with Crippen LogP contribution in [0.4, 0.5) is 0 Å². The molecule has 1 aromatic carbocycles. The van der Waals surface area contributed by atoms with E-state index in [1.807, 2.05) is 37.3 Å². The molecule has 0 bridgehead atoms. The van der Waals surface area contributed by atoms with Gasteiger partial charge in [-0.3, -0.25) is 0 Å². The summed E-state index contributed by atoms with van der Waals surface area (Å²) in [5.41, 5.74) is 1.10. The van der Waals surface area contributed by atoms with Gasteiger partial charge < -0.3 is 4.74 Å². The van der Waals surface area contributed by atoms with Crippen molar-refractivity contribution in [3.63, 3.8) is 0 Å². The zero-order valence-electron chi connectivity index (χ0n) is 8.27. The third kappa shape index (κ3) is 2.48. The fourth-order valence-corrected chi connectivity index (χ4v) is 1.38. The largest absolute Gasteiger partial charge is 0.437 e. The second-order valence-electron chi connectivity index (χ2n) is 3.20. The molecule has 0 aliphatic heterocycles. The zero-order chi connectivity index (χ0) is 10.7. The van der Waals surface area contributed by atoms with Gasteiger partial charge in [-0.25, -0.2) is 4.98 Å². The lowest BCUT2D eigenvalue weighted by atomic mass is 10.3. The minimum absolute atomic E-state index is 0.558. The zero-order valence-corrected chi connectivity index (χ0v) is 9.03. The average molecular weight is 220 g/mol. The molecule has 3 heteroatoms. The van der Waals surface area contributed by atoms with E-state index >= 15 is 0 Å². The Labute approximate surface area is 93.5 Å². The fourth-order valence-electron chi connectivity index (χ4n) is 1.20. The average Bonchev–Trinajstić information content (AvgIpc) is 2.22. The van der Waals surface area contributed by atoms with Crippen LogP contribution in [0.3, 0.4) is 0 Å². The van der Waals surface area contributed by atoms with Gasteiger partial charge in [-0.2, -0.15) is 0 Å². The molecule has 15 heavy (non-hydrogen) atoms. The highest BCUT2D eigenvalue weighted by Crippen LogP contribution is 2.27. The number of pyridine rings is 1. The van der Waals surface area contributed by atoms with Gasteiger partial charge >= 0.3 is 0 Å². The molecule has 2 rings (SSSR count). The van der Waals surface area contributed by atoms with Crippen LogP contribution in [-0.2, 0) is 0 Å². The van der Waals surface area contributed by atoms with Crippen LogP contribution in [-0.4, -0.2) is 4.98 Å². The summed E-state index contributed by atoms with van der Waals surface area (Å²) in [5, 5.41) is 0.584. The summed E-state index contributed by atoms with van der Waals surface area (Å²) >= 11 is 5.96. The molecule has 0 atom stereocenters. The molecular formula is C12H10ClNO. The van der Waals surface area contributed by atoms with E-state index in [4.69, 9.17) is 16.3 Å². The van der Waals surface area contributed by atoms with Crippen molar-refractivity contribution in [2.75, 3.05) is 0 Å². The third-order valence-corrected chi connectivity index (χ3v) is 2.25. The topological polar surface area (TPSA) is 22.1 Å². The van der Waals surface area contributed by atoms with Crippen LogP contribution in [0.2, 0.25) is 5.02 Å². The molecular weight excluding hydrogens is 210 g/mol. The summed E-state index contributed by atoms with van der Waals surface area (Å²) in [6.45, 7) is 1.99. The molecule has 1 heterocycles. The lowest BCUT2D eigenvalue weighted by Gasteiger charge is -2.06. The number of hydrogen-bond donors (Lipinski definition) is 0. The predicted molar refractivity (Wildman–Crippen MR) is 60.5 cm³/mol. The normalized spacial score (nSPS) is 10.0. The summed E-state index contributed by atoms with van der Waals surface area (Å²) in [5.74, 6) is 1.18. The maximum atomic E-state index is 5.96. The molecule has 0 aliphatic carbocycles. The molecule has 0 unspecified atom stereocenters. The van der Waals surface area contributed by atoms with Gasteiger partial charge in [-0.05, 0) is 30.7 Å². The molecule has 0 spiro atoms. The first kappa shape index (κ1) is 9.99. The second-order valence-corrected chi connectivity index (χ2v) is 3.61. The lowest BCUT2D eigenvalue weighted by molar-refractivity contribution is 0.463. The summed E-state index contributed by atoms with van der Waals surface area (Å²) < 4.78 is 5.55. The Hall–Kier alpha value is -1.54. The molecule has 0 N–H and O–H groups in total. The first-order valence-electron chi connectivity index (χ1n) is 4.61. The highest BCUT2D eigenvalue weighted by atomic mass is 35.5. The molecule has 0 amide bonds. The molecule has 0 radical (unpaired) electrons. The fraction of sp³-hybridized carbons (Fsp3) is 0.0833. The van der Waals surface area contributed by atoms with Crippen molar-refractivity contribution in [3.8, 4) is 11.6 Å². The highest BCUT2D eigenvalue weighted by Gasteiger charge is 2.02. The summed E-state index contributed by atoms with van der Waals surface area (Å²) in [4.78, 5) is 4.10. The highest BCUT2D eigenvalue weighted by molar-refractivity contribution is 6.32. The van der Waals surface area contributed by atoms with Crippen molar-refractivity contribution in [1.82, 2.24) is 4.98 Å². The number of benzene rings is 1. The number of aryl methyl sites for hydroxylation is 1. The number of halogens is 1. The number of aromatic nitrogens is 1. The van der Waals surface area contributed by atoms with Crippen LogP contribution >= 0.6 is 11.6 Å². The molecule has 0 aliphatic rings. The Bertz CT molecular complexity index is 471. The maximum Gasteiger partial charge on any atom is 0.219 e. The van der Waals surface area contributed by atoms with Crippen LogP contribution in [0.5, 0.6) is 11.6 Å². The standard InChI is InChI=1S/C12H10ClNO/c1-9-6-7-14-12(8-9)15-11-5-3-2-4-10(11)13/h2-8H,1H3. The SMILES string of the molecule is Cc1ccnc(Oc2ccccc2Cl)c1. The monoisotopic (exact) mass is 219 g/mol. The molecule has 2 nitrogen and oxygen atoms in total. The quantitative estimate of drug-likeness (QED) is 0.766. The van der Waals surface area contributed by atoms with E-state index in [9.17, 15) is 0 Å². The van der Waals surface area contributed by atoms with Gasteiger partial charge in [0.1, 0.15) is 5.75 Å². The minimum Gasteiger partial charge on any atom is -0.437 e. The van der Waals surface area contributed by atoms with Crippen molar-refractivity contribution in [3.05, 3.63) is 53.2 Å². The van der Waals surface area contributed by atoms with Gasteiger partial charge in [0.15, 0.2) is 0 Å². The number of para-hydroxylation sites is 1. The number of nitrogens with zero attached hydrogens (tertiary/aromatic N) is 1. The van der Waals surface area contributed by atoms with E-state index in [2.05, 4.69) is 4.98 Å². The Balaban J connectivity index is 2.26. The van der Waals surface area contributed by atoms with Crippen molar-refractivity contribution >= 4 is 11.6 Å². The van der Waals surface area contributed by atoms with Gasteiger partial charge in [0.05, 0.1) is 5.02 Å². The summed E-state index contributed by atoms with van der Waals surface area (Å²) in [6.07, 6.45) is 1.71. The lowest BCUT2D eigenvalue weighted by Crippen LogP contribution is -1.88. The first-order chi connectivity index (χ1) is 7.25. The second kappa shape index (κ2) is 4.32. The van der Waals surface area contributed by atoms with Crippen LogP contribution in [0.25, 0.3) is 0 Å². The van der Waals surface area contributed by atoms with Gasteiger partial charge in [0.25, 0.3) is 0 Å².